The zero-order valence-electron chi connectivity index (χ0n) is 17.8. The van der Waals surface area contributed by atoms with Crippen molar-refractivity contribution >= 4 is 44.3 Å². The Hall–Kier alpha value is -3.41. The Morgan fingerprint density at radius 1 is 1.24 bits per heavy atom. The maximum atomic E-state index is 13.3. The molecule has 0 spiro atoms. The van der Waals surface area contributed by atoms with E-state index < -0.39 is 23.1 Å². The highest BCUT2D eigenvalue weighted by molar-refractivity contribution is 7.22. The van der Waals surface area contributed by atoms with Gasteiger partial charge in [-0.15, -0.1) is 0 Å². The average Bonchev–Trinajstić information content (AvgIpc) is 3.20. The molecule has 1 aromatic carbocycles. The highest BCUT2D eigenvalue weighted by Crippen LogP contribution is 2.29. The van der Waals surface area contributed by atoms with E-state index in [1.807, 2.05) is 11.8 Å². The molecule has 0 aliphatic carbocycles. The number of rotatable bonds is 6. The lowest BCUT2D eigenvalue weighted by Crippen LogP contribution is -2.43. The average molecular weight is 477 g/mol. The van der Waals surface area contributed by atoms with Crippen LogP contribution in [-0.4, -0.2) is 46.0 Å². The third-order valence-electron chi connectivity index (χ3n) is 5.25. The molecule has 0 radical (unpaired) electrons. The maximum absolute atomic E-state index is 13.3. The van der Waals surface area contributed by atoms with Crippen LogP contribution in [-0.2, 0) is 16.1 Å². The van der Waals surface area contributed by atoms with E-state index in [0.29, 0.717) is 24.3 Å². The summed E-state index contributed by atoms with van der Waals surface area (Å²) in [6, 6.07) is 2.65. The highest BCUT2D eigenvalue weighted by atomic mass is 32.1. The largest absolute Gasteiger partial charge is 0.356 e. The van der Waals surface area contributed by atoms with Crippen LogP contribution >= 0.6 is 11.3 Å². The van der Waals surface area contributed by atoms with Crippen molar-refractivity contribution in [1.82, 2.24) is 19.9 Å². The van der Waals surface area contributed by atoms with E-state index in [1.165, 1.54) is 6.33 Å². The molecule has 0 unspecified atom stereocenters. The molecule has 174 valence electrons. The minimum Gasteiger partial charge on any atom is -0.356 e. The van der Waals surface area contributed by atoms with E-state index in [9.17, 15) is 23.2 Å². The fraction of sp³-hybridized carbons (Fsp3) is 0.381. The van der Waals surface area contributed by atoms with E-state index in [-0.39, 0.29) is 34.4 Å². The van der Waals surface area contributed by atoms with Gasteiger partial charge in [0.15, 0.2) is 10.8 Å². The number of piperidine rings is 1. The second-order valence-electron chi connectivity index (χ2n) is 7.71. The van der Waals surface area contributed by atoms with Crippen LogP contribution in [0.5, 0.6) is 0 Å². The Morgan fingerprint density at radius 2 is 2.00 bits per heavy atom. The number of nitrogens with zero attached hydrogens (tertiary/aromatic N) is 4. The molecule has 3 aromatic rings. The Labute approximate surface area is 191 Å². The molecule has 9 nitrogen and oxygen atoms in total. The molecular formula is C21H22F2N6O3S. The van der Waals surface area contributed by atoms with Crippen molar-refractivity contribution in [2.45, 2.75) is 26.3 Å². The van der Waals surface area contributed by atoms with Gasteiger partial charge in [-0.05, 0) is 31.9 Å². The lowest BCUT2D eigenvalue weighted by molar-refractivity contribution is -0.125. The maximum Gasteiger partial charge on any atom is 0.273 e. The normalized spacial score (nSPS) is 16.1. The first kappa shape index (κ1) is 22.8. The van der Waals surface area contributed by atoms with Crippen molar-refractivity contribution < 1.29 is 18.4 Å². The molecule has 0 bridgehead atoms. The molecule has 1 atom stereocenters. The number of halogens is 2. The van der Waals surface area contributed by atoms with Gasteiger partial charge in [0.1, 0.15) is 29.2 Å². The summed E-state index contributed by atoms with van der Waals surface area (Å²) in [5.41, 5.74) is -0.225. The number of fused-ring (bicyclic) bond motifs is 1. The van der Waals surface area contributed by atoms with E-state index in [4.69, 9.17) is 0 Å². The number of aromatic nitrogens is 3. The Bertz CT molecular complexity index is 1240. The number of thiazole rings is 1. The quantitative estimate of drug-likeness (QED) is 0.564. The molecule has 2 amide bonds. The molecule has 1 fully saturated rings. The van der Waals surface area contributed by atoms with Crippen LogP contribution in [0, 0.1) is 17.6 Å². The summed E-state index contributed by atoms with van der Waals surface area (Å²) in [5.74, 6) is -2.42. The van der Waals surface area contributed by atoms with Gasteiger partial charge in [-0.2, -0.15) is 4.98 Å². The Morgan fingerprint density at radius 3 is 2.73 bits per heavy atom. The van der Waals surface area contributed by atoms with Crippen molar-refractivity contribution in [3.63, 3.8) is 0 Å². The van der Waals surface area contributed by atoms with Gasteiger partial charge in [-0.25, -0.2) is 13.8 Å². The molecule has 1 saturated heterocycles. The summed E-state index contributed by atoms with van der Waals surface area (Å²) in [6.07, 6.45) is 2.84. The van der Waals surface area contributed by atoms with Crippen LogP contribution in [0.2, 0.25) is 0 Å². The molecule has 1 aliphatic rings. The lowest BCUT2D eigenvalue weighted by Gasteiger charge is -2.31. The number of anilines is 2. The van der Waals surface area contributed by atoms with Gasteiger partial charge in [0, 0.05) is 31.4 Å². The summed E-state index contributed by atoms with van der Waals surface area (Å²) in [5, 5.41) is 5.81. The molecule has 12 heteroatoms. The summed E-state index contributed by atoms with van der Waals surface area (Å²) in [6.45, 7) is 3.29. The molecule has 4 rings (SSSR count). The van der Waals surface area contributed by atoms with Crippen molar-refractivity contribution in [3.05, 3.63) is 46.5 Å². The minimum atomic E-state index is -0.824. The standard InChI is InChI=1S/C21H22F2N6O3S/c1-2-24-19(31)12-4-3-5-28(9-12)21-27-18-17(33-21)20(32)29(11-25-18)10-16(30)26-15-7-13(22)6-14(23)8-15/h6-8,11-12H,2-5,9-10H2,1H3,(H,24,31)(H,26,30)/t12-/m0/s1. The predicted octanol–water partition coefficient (Wildman–Crippen LogP) is 2.12. The molecule has 3 heterocycles. The third-order valence-corrected chi connectivity index (χ3v) is 6.34. The zero-order chi connectivity index (χ0) is 23.5. The van der Waals surface area contributed by atoms with Gasteiger partial charge in [-0.3, -0.25) is 19.0 Å². The lowest BCUT2D eigenvalue weighted by atomic mass is 9.97. The SMILES string of the molecule is CCNC(=O)[C@H]1CCCN(c2nc3ncn(CC(=O)Nc4cc(F)cc(F)c4)c(=O)c3s2)C1. The third kappa shape index (κ3) is 5.16. The fourth-order valence-corrected chi connectivity index (χ4v) is 4.75. The number of amides is 2. The monoisotopic (exact) mass is 476 g/mol. The van der Waals surface area contributed by atoms with E-state index in [1.54, 1.807) is 0 Å². The fourth-order valence-electron chi connectivity index (χ4n) is 3.75. The van der Waals surface area contributed by atoms with Gasteiger partial charge >= 0.3 is 0 Å². The Balaban J connectivity index is 1.50. The molecule has 2 N–H and O–H groups in total. The van der Waals surface area contributed by atoms with Gasteiger partial charge in [0.2, 0.25) is 11.8 Å². The van der Waals surface area contributed by atoms with Gasteiger partial charge in [0.05, 0.1) is 5.92 Å². The highest BCUT2D eigenvalue weighted by Gasteiger charge is 2.27. The van der Waals surface area contributed by atoms with E-state index in [2.05, 4.69) is 20.6 Å². The number of carbonyl (C=O) groups excluding carboxylic acids is 2. The number of carbonyl (C=O) groups is 2. The van der Waals surface area contributed by atoms with Crippen molar-refractivity contribution in [1.29, 1.82) is 0 Å². The van der Waals surface area contributed by atoms with Gasteiger partial charge in [-0.1, -0.05) is 11.3 Å². The van der Waals surface area contributed by atoms with Crippen molar-refractivity contribution in [2.75, 3.05) is 29.9 Å². The smallest absolute Gasteiger partial charge is 0.273 e. The second-order valence-corrected chi connectivity index (χ2v) is 8.69. The van der Waals surface area contributed by atoms with Crippen LogP contribution in [0.3, 0.4) is 0 Å². The Kier molecular flexibility index (Phi) is 6.63. The van der Waals surface area contributed by atoms with E-state index >= 15 is 0 Å². The van der Waals surface area contributed by atoms with Crippen LogP contribution in [0.15, 0.2) is 29.3 Å². The summed E-state index contributed by atoms with van der Waals surface area (Å²) in [4.78, 5) is 48.0. The first-order chi connectivity index (χ1) is 15.8. The summed E-state index contributed by atoms with van der Waals surface area (Å²) >= 11 is 1.16. The van der Waals surface area contributed by atoms with Crippen molar-refractivity contribution in [3.8, 4) is 0 Å². The molecule has 33 heavy (non-hydrogen) atoms. The van der Waals surface area contributed by atoms with Gasteiger partial charge < -0.3 is 15.5 Å². The molecule has 1 aliphatic heterocycles. The molecule has 2 aromatic heterocycles. The topological polar surface area (TPSA) is 109 Å². The molecular weight excluding hydrogens is 454 g/mol. The van der Waals surface area contributed by atoms with Crippen molar-refractivity contribution in [2.24, 2.45) is 5.92 Å². The minimum absolute atomic E-state index is 0.00739. The van der Waals surface area contributed by atoms with Crippen LogP contribution in [0.25, 0.3) is 10.3 Å². The molecule has 0 saturated carbocycles. The number of benzene rings is 1. The van der Waals surface area contributed by atoms with Crippen LogP contribution in [0.4, 0.5) is 19.6 Å². The number of hydrogen-bond donors (Lipinski definition) is 2. The zero-order valence-corrected chi connectivity index (χ0v) is 18.6. The van der Waals surface area contributed by atoms with Crippen LogP contribution < -0.4 is 21.1 Å². The van der Waals surface area contributed by atoms with Crippen LogP contribution in [0.1, 0.15) is 19.8 Å². The predicted molar refractivity (Wildman–Crippen MR) is 120 cm³/mol. The van der Waals surface area contributed by atoms with Gasteiger partial charge in [0.25, 0.3) is 5.56 Å². The number of hydrogen-bond acceptors (Lipinski definition) is 7. The first-order valence-electron chi connectivity index (χ1n) is 10.5. The summed E-state index contributed by atoms with van der Waals surface area (Å²) < 4.78 is 28.0. The number of nitrogens with one attached hydrogen (secondary N) is 2. The van der Waals surface area contributed by atoms with E-state index in [0.717, 1.165) is 47.4 Å². The second kappa shape index (κ2) is 9.61. The summed E-state index contributed by atoms with van der Waals surface area (Å²) in [7, 11) is 0. The first-order valence-corrected chi connectivity index (χ1v) is 11.3.